The maximum Gasteiger partial charge on any atom is 0.177 e. The number of anilines is 2. The van der Waals surface area contributed by atoms with Crippen molar-refractivity contribution in [3.63, 3.8) is 0 Å². The Hall–Kier alpha value is -1.23. The molecule has 1 aromatic carbocycles. The third-order valence-corrected chi connectivity index (χ3v) is 3.91. The molecule has 1 rings (SSSR count). The van der Waals surface area contributed by atoms with Gasteiger partial charge in [-0.25, -0.2) is 8.42 Å². The Morgan fingerprint density at radius 3 is 2.39 bits per heavy atom. The molecule has 2 N–H and O–H groups in total. The van der Waals surface area contributed by atoms with Gasteiger partial charge in [-0.05, 0) is 25.0 Å². The van der Waals surface area contributed by atoms with E-state index in [9.17, 15) is 8.42 Å². The van der Waals surface area contributed by atoms with Crippen molar-refractivity contribution in [2.45, 2.75) is 25.7 Å². The van der Waals surface area contributed by atoms with Crippen molar-refractivity contribution < 1.29 is 8.42 Å². The predicted molar refractivity (Wildman–Crippen MR) is 76.7 cm³/mol. The van der Waals surface area contributed by atoms with Crippen LogP contribution in [0, 0.1) is 5.92 Å². The van der Waals surface area contributed by atoms with Crippen LogP contribution in [-0.2, 0) is 9.84 Å². The average molecular weight is 270 g/mol. The third kappa shape index (κ3) is 3.38. The molecule has 18 heavy (non-hydrogen) atoms. The summed E-state index contributed by atoms with van der Waals surface area (Å²) in [5, 5.41) is 0. The lowest BCUT2D eigenvalue weighted by molar-refractivity contribution is 0.602. The number of nitrogens with two attached hydrogens (primary N) is 1. The second-order valence-electron chi connectivity index (χ2n) is 4.89. The number of hydrogen-bond donors (Lipinski definition) is 1. The summed E-state index contributed by atoms with van der Waals surface area (Å²) in [7, 11) is -3.28. The van der Waals surface area contributed by atoms with Crippen LogP contribution in [0.25, 0.3) is 0 Å². The van der Waals surface area contributed by atoms with Crippen LogP contribution in [-0.4, -0.2) is 27.8 Å². The van der Waals surface area contributed by atoms with Gasteiger partial charge in [-0.2, -0.15) is 0 Å². The van der Waals surface area contributed by atoms with Gasteiger partial charge >= 0.3 is 0 Å². The zero-order valence-electron chi connectivity index (χ0n) is 11.5. The summed E-state index contributed by atoms with van der Waals surface area (Å²) in [5.41, 5.74) is 7.15. The molecule has 0 atom stereocenters. The van der Waals surface area contributed by atoms with Gasteiger partial charge in [0.05, 0.1) is 16.3 Å². The van der Waals surface area contributed by atoms with E-state index in [4.69, 9.17) is 5.73 Å². The predicted octanol–water partition coefficient (Wildman–Crippen LogP) is 2.15. The molecule has 0 bridgehead atoms. The summed E-state index contributed by atoms with van der Waals surface area (Å²) in [5.74, 6) is 0.492. The largest absolute Gasteiger partial charge is 0.396 e. The quantitative estimate of drug-likeness (QED) is 0.833. The number of nitrogens with zero attached hydrogens (tertiary/aromatic N) is 1. The molecule has 0 radical (unpaired) electrons. The fourth-order valence-corrected chi connectivity index (χ4v) is 2.80. The van der Waals surface area contributed by atoms with Gasteiger partial charge in [0.25, 0.3) is 0 Å². The lowest BCUT2D eigenvalue weighted by Crippen LogP contribution is -2.28. The second-order valence-corrected chi connectivity index (χ2v) is 6.88. The van der Waals surface area contributed by atoms with Crippen LogP contribution in [0.5, 0.6) is 0 Å². The number of sulfone groups is 1. The molecule has 0 spiro atoms. The molecule has 1 aromatic rings. The molecular formula is C13H22N2O2S. The van der Waals surface area contributed by atoms with Gasteiger partial charge in [-0.15, -0.1) is 0 Å². The van der Waals surface area contributed by atoms with Gasteiger partial charge in [-0.3, -0.25) is 0 Å². The van der Waals surface area contributed by atoms with Crippen molar-refractivity contribution in [2.24, 2.45) is 5.92 Å². The second kappa shape index (κ2) is 5.61. The molecular weight excluding hydrogens is 248 g/mol. The fourth-order valence-electron chi connectivity index (χ4n) is 1.97. The maximum absolute atomic E-state index is 11.6. The lowest BCUT2D eigenvalue weighted by atomic mass is 10.1. The minimum atomic E-state index is -3.28. The monoisotopic (exact) mass is 270 g/mol. The van der Waals surface area contributed by atoms with E-state index >= 15 is 0 Å². The molecule has 0 unspecified atom stereocenters. The van der Waals surface area contributed by atoms with Gasteiger partial charge in [0.15, 0.2) is 9.84 Å². The smallest absolute Gasteiger partial charge is 0.177 e. The van der Waals surface area contributed by atoms with E-state index in [0.717, 1.165) is 18.8 Å². The molecule has 0 saturated heterocycles. The SMILES string of the molecule is CCN(CC(C)C)c1cccc(S(C)(=O)=O)c1N. The molecule has 4 nitrogen and oxygen atoms in total. The van der Waals surface area contributed by atoms with E-state index in [1.54, 1.807) is 12.1 Å². The van der Waals surface area contributed by atoms with E-state index < -0.39 is 9.84 Å². The molecule has 102 valence electrons. The first kappa shape index (κ1) is 14.8. The molecule has 0 aromatic heterocycles. The molecule has 0 heterocycles. The normalized spacial score (nSPS) is 11.8. The number of hydrogen-bond acceptors (Lipinski definition) is 4. The Bertz CT molecular complexity index is 510. The Labute approximate surface area is 110 Å². The molecule has 0 fully saturated rings. The van der Waals surface area contributed by atoms with E-state index in [1.807, 2.05) is 13.0 Å². The molecule has 5 heteroatoms. The van der Waals surface area contributed by atoms with E-state index in [-0.39, 0.29) is 4.90 Å². The van der Waals surface area contributed by atoms with Crippen molar-refractivity contribution in [1.82, 2.24) is 0 Å². The van der Waals surface area contributed by atoms with Crippen LogP contribution in [0.3, 0.4) is 0 Å². The van der Waals surface area contributed by atoms with Gasteiger partial charge in [0.1, 0.15) is 0 Å². The number of para-hydroxylation sites is 1. The van der Waals surface area contributed by atoms with Crippen LogP contribution in [0.2, 0.25) is 0 Å². The fraction of sp³-hybridized carbons (Fsp3) is 0.538. The van der Waals surface area contributed by atoms with Crippen LogP contribution < -0.4 is 10.6 Å². The standard InChI is InChI=1S/C13H22N2O2S/c1-5-15(9-10(2)3)11-7-6-8-12(13(11)14)18(4,16)17/h6-8,10H,5,9,14H2,1-4H3. The lowest BCUT2D eigenvalue weighted by Gasteiger charge is -2.27. The number of benzene rings is 1. The van der Waals surface area contributed by atoms with Gasteiger partial charge < -0.3 is 10.6 Å². The molecule has 0 aliphatic heterocycles. The minimum Gasteiger partial charge on any atom is -0.396 e. The Balaban J connectivity index is 3.25. The summed E-state index contributed by atoms with van der Waals surface area (Å²) < 4.78 is 23.3. The van der Waals surface area contributed by atoms with Crippen molar-refractivity contribution >= 4 is 21.2 Å². The van der Waals surface area contributed by atoms with Crippen LogP contribution in [0.1, 0.15) is 20.8 Å². The van der Waals surface area contributed by atoms with Crippen molar-refractivity contribution in [3.05, 3.63) is 18.2 Å². The van der Waals surface area contributed by atoms with Crippen LogP contribution >= 0.6 is 0 Å². The van der Waals surface area contributed by atoms with Crippen molar-refractivity contribution in [1.29, 1.82) is 0 Å². The van der Waals surface area contributed by atoms with E-state index in [1.165, 1.54) is 6.26 Å². The Morgan fingerprint density at radius 1 is 1.33 bits per heavy atom. The Kier molecular flexibility index (Phi) is 4.62. The topological polar surface area (TPSA) is 63.4 Å². The summed E-state index contributed by atoms with van der Waals surface area (Å²) in [6, 6.07) is 5.17. The van der Waals surface area contributed by atoms with E-state index in [0.29, 0.717) is 11.6 Å². The maximum atomic E-state index is 11.6. The molecule has 0 saturated carbocycles. The first-order valence-electron chi connectivity index (χ1n) is 6.10. The molecule has 0 amide bonds. The summed E-state index contributed by atoms with van der Waals surface area (Å²) in [4.78, 5) is 2.32. The highest BCUT2D eigenvalue weighted by molar-refractivity contribution is 7.90. The van der Waals surface area contributed by atoms with Gasteiger partial charge in [-0.1, -0.05) is 19.9 Å². The average Bonchev–Trinajstić information content (AvgIpc) is 2.24. The number of nitrogen functional groups attached to an aromatic ring is 1. The van der Waals surface area contributed by atoms with Crippen LogP contribution in [0.15, 0.2) is 23.1 Å². The number of rotatable bonds is 5. The highest BCUT2D eigenvalue weighted by Gasteiger charge is 2.17. The summed E-state index contributed by atoms with van der Waals surface area (Å²) >= 11 is 0. The van der Waals surface area contributed by atoms with Gasteiger partial charge in [0, 0.05) is 19.3 Å². The highest BCUT2D eigenvalue weighted by atomic mass is 32.2. The van der Waals surface area contributed by atoms with E-state index in [2.05, 4.69) is 18.7 Å². The zero-order valence-corrected chi connectivity index (χ0v) is 12.3. The third-order valence-electron chi connectivity index (χ3n) is 2.75. The highest BCUT2D eigenvalue weighted by Crippen LogP contribution is 2.30. The zero-order chi connectivity index (χ0) is 13.9. The first-order valence-corrected chi connectivity index (χ1v) is 8.00. The first-order chi connectivity index (χ1) is 8.27. The summed E-state index contributed by atoms with van der Waals surface area (Å²) in [6.07, 6.45) is 1.18. The van der Waals surface area contributed by atoms with Gasteiger partial charge in [0.2, 0.25) is 0 Å². The Morgan fingerprint density at radius 2 is 1.94 bits per heavy atom. The molecule has 0 aliphatic carbocycles. The summed E-state index contributed by atoms with van der Waals surface area (Å²) in [6.45, 7) is 7.94. The van der Waals surface area contributed by atoms with Crippen LogP contribution in [0.4, 0.5) is 11.4 Å². The van der Waals surface area contributed by atoms with Crippen molar-refractivity contribution in [2.75, 3.05) is 30.0 Å². The minimum absolute atomic E-state index is 0.210. The van der Waals surface area contributed by atoms with Crippen molar-refractivity contribution in [3.8, 4) is 0 Å². The molecule has 0 aliphatic rings.